The molecular weight excluding hydrogens is 444 g/mol. The second-order valence-corrected chi connectivity index (χ2v) is 8.78. The number of amides is 4. The zero-order valence-corrected chi connectivity index (χ0v) is 19.3. The number of nitrogens with two attached hydrogens (primary N) is 1. The Morgan fingerprint density at radius 1 is 1.00 bits per heavy atom. The number of urea groups is 1. The number of hydrogen-bond donors (Lipinski definition) is 4. The van der Waals surface area contributed by atoms with Gasteiger partial charge in [-0.1, -0.05) is 12.1 Å². The number of primary amides is 1. The average Bonchev–Trinajstić information content (AvgIpc) is 3.43. The Labute approximate surface area is 202 Å². The van der Waals surface area contributed by atoms with E-state index in [0.29, 0.717) is 28.1 Å². The number of H-pyrrole nitrogens is 1. The van der Waals surface area contributed by atoms with Gasteiger partial charge in [0.1, 0.15) is 0 Å². The molecule has 0 atom stereocenters. The maximum atomic E-state index is 12.8. The van der Waals surface area contributed by atoms with Crippen molar-refractivity contribution in [1.29, 1.82) is 0 Å². The summed E-state index contributed by atoms with van der Waals surface area (Å²) in [5.41, 5.74) is 10.9. The van der Waals surface area contributed by atoms with Crippen LogP contribution in [0.3, 0.4) is 0 Å². The van der Waals surface area contributed by atoms with Gasteiger partial charge < -0.3 is 31.2 Å². The van der Waals surface area contributed by atoms with Crippen molar-refractivity contribution >= 4 is 40.9 Å². The summed E-state index contributed by atoms with van der Waals surface area (Å²) in [6.45, 7) is 3.25. The number of carbonyl (C=O) groups excluding carboxylic acids is 3. The van der Waals surface area contributed by atoms with E-state index in [1.165, 1.54) is 0 Å². The van der Waals surface area contributed by atoms with Crippen LogP contribution in [0.5, 0.6) is 0 Å². The van der Waals surface area contributed by atoms with Crippen molar-refractivity contribution < 1.29 is 14.4 Å². The topological polar surface area (TPSA) is 124 Å². The number of fused-ring (bicyclic) bond motifs is 1. The van der Waals surface area contributed by atoms with Crippen LogP contribution in [0.1, 0.15) is 21.6 Å². The lowest BCUT2D eigenvalue weighted by Gasteiger charge is -2.32. The molecule has 1 aromatic heterocycles. The minimum Gasteiger partial charge on any atom is -0.361 e. The van der Waals surface area contributed by atoms with Crippen LogP contribution in [0, 0.1) is 0 Å². The van der Waals surface area contributed by atoms with E-state index >= 15 is 0 Å². The van der Waals surface area contributed by atoms with Crippen molar-refractivity contribution in [1.82, 2.24) is 14.8 Å². The number of anilines is 2. The summed E-state index contributed by atoms with van der Waals surface area (Å²) in [4.78, 5) is 43.8. The zero-order valence-electron chi connectivity index (χ0n) is 19.3. The molecule has 35 heavy (non-hydrogen) atoms. The monoisotopic (exact) mass is 470 g/mol. The Morgan fingerprint density at radius 3 is 2.46 bits per heavy atom. The van der Waals surface area contributed by atoms with Gasteiger partial charge in [0.15, 0.2) is 0 Å². The maximum Gasteiger partial charge on any atom is 0.316 e. The first-order valence-electron chi connectivity index (χ1n) is 11.4. The fraction of sp³-hybridized carbons (Fsp3) is 0.192. The maximum absolute atomic E-state index is 12.8. The van der Waals surface area contributed by atoms with Gasteiger partial charge in [0, 0.05) is 60.6 Å². The van der Waals surface area contributed by atoms with Gasteiger partial charge in [-0.3, -0.25) is 9.59 Å². The summed E-state index contributed by atoms with van der Waals surface area (Å²) in [5, 5.41) is 5.36. The molecule has 2 aromatic carbocycles. The molecule has 1 fully saturated rings. The number of carbonyl (C=O) groups is 3. The zero-order chi connectivity index (χ0) is 24.5. The molecule has 0 aliphatic carbocycles. The summed E-state index contributed by atoms with van der Waals surface area (Å²) in [6, 6.07) is 14.0. The van der Waals surface area contributed by atoms with Crippen LogP contribution in [0.2, 0.25) is 0 Å². The van der Waals surface area contributed by atoms with Gasteiger partial charge in [-0.2, -0.15) is 0 Å². The van der Waals surface area contributed by atoms with E-state index in [-0.39, 0.29) is 11.8 Å². The SMILES string of the molecule is CN1CCN(C(=O)c2ccc(-c3c[nH]c(/C=C4\C(=O)Nc5ccc(NC(N)=O)cc54)c3)cc2)CC1. The molecule has 0 unspecified atom stereocenters. The normalized spacial score (nSPS) is 16.8. The Kier molecular flexibility index (Phi) is 5.84. The standard InChI is InChI=1S/C26H26N6O3/c1-31-8-10-32(11-9-31)25(34)17-4-2-16(3-5-17)18-12-20(28-15-18)14-22-21-13-19(29-26(27)35)6-7-23(21)30-24(22)33/h2-7,12-15,28H,8-11H2,1H3,(H,30,33)(H3,27,29,35)/b22-14-. The van der Waals surface area contributed by atoms with E-state index in [1.807, 2.05) is 41.4 Å². The third kappa shape index (κ3) is 4.67. The Bertz CT molecular complexity index is 1330. The number of likely N-dealkylation sites (N-methyl/N-ethyl adjacent to an activating group) is 1. The van der Waals surface area contributed by atoms with E-state index in [9.17, 15) is 14.4 Å². The Balaban J connectivity index is 1.34. The average molecular weight is 471 g/mol. The lowest BCUT2D eigenvalue weighted by molar-refractivity contribution is -0.110. The minimum absolute atomic E-state index is 0.0558. The van der Waals surface area contributed by atoms with Crippen molar-refractivity contribution in [3.8, 4) is 11.1 Å². The Morgan fingerprint density at radius 2 is 1.74 bits per heavy atom. The molecule has 0 radical (unpaired) electrons. The summed E-state index contributed by atoms with van der Waals surface area (Å²) in [7, 11) is 2.06. The first-order chi connectivity index (χ1) is 16.9. The highest BCUT2D eigenvalue weighted by atomic mass is 16.2. The highest BCUT2D eigenvalue weighted by Crippen LogP contribution is 2.35. The molecule has 0 bridgehead atoms. The van der Waals surface area contributed by atoms with Crippen molar-refractivity contribution in [2.24, 2.45) is 5.73 Å². The molecule has 2 aliphatic rings. The van der Waals surface area contributed by atoms with Crippen molar-refractivity contribution in [3.63, 3.8) is 0 Å². The lowest BCUT2D eigenvalue weighted by Crippen LogP contribution is -2.47. The number of aromatic nitrogens is 1. The molecule has 1 saturated heterocycles. The molecule has 9 heteroatoms. The van der Waals surface area contributed by atoms with E-state index in [4.69, 9.17) is 5.73 Å². The van der Waals surface area contributed by atoms with Crippen LogP contribution in [-0.2, 0) is 4.79 Å². The van der Waals surface area contributed by atoms with E-state index in [0.717, 1.165) is 43.0 Å². The highest BCUT2D eigenvalue weighted by Gasteiger charge is 2.25. The molecule has 3 heterocycles. The van der Waals surface area contributed by atoms with Gasteiger partial charge >= 0.3 is 6.03 Å². The van der Waals surface area contributed by atoms with Gasteiger partial charge in [-0.25, -0.2) is 4.79 Å². The number of aromatic amines is 1. The molecule has 178 valence electrons. The number of nitrogens with zero attached hydrogens (tertiary/aromatic N) is 2. The third-order valence-corrected chi connectivity index (χ3v) is 6.33. The predicted molar refractivity (Wildman–Crippen MR) is 136 cm³/mol. The van der Waals surface area contributed by atoms with Crippen LogP contribution >= 0.6 is 0 Å². The van der Waals surface area contributed by atoms with E-state index in [1.54, 1.807) is 24.3 Å². The summed E-state index contributed by atoms with van der Waals surface area (Å²) < 4.78 is 0. The lowest BCUT2D eigenvalue weighted by atomic mass is 10.0. The van der Waals surface area contributed by atoms with Crippen molar-refractivity contribution in [2.45, 2.75) is 0 Å². The van der Waals surface area contributed by atoms with Crippen molar-refractivity contribution in [3.05, 3.63) is 71.5 Å². The summed E-state index contributed by atoms with van der Waals surface area (Å²) >= 11 is 0. The largest absolute Gasteiger partial charge is 0.361 e. The second kappa shape index (κ2) is 9.11. The van der Waals surface area contributed by atoms with E-state index < -0.39 is 6.03 Å². The number of rotatable bonds is 4. The molecule has 4 amide bonds. The van der Waals surface area contributed by atoms with Crippen LogP contribution in [-0.4, -0.2) is 65.9 Å². The summed E-state index contributed by atoms with van der Waals surface area (Å²) in [5.74, 6) is -0.167. The quantitative estimate of drug-likeness (QED) is 0.438. The first-order valence-corrected chi connectivity index (χ1v) is 11.4. The first kappa shape index (κ1) is 22.4. The molecule has 2 aliphatic heterocycles. The van der Waals surface area contributed by atoms with E-state index in [2.05, 4.69) is 27.6 Å². The van der Waals surface area contributed by atoms with Crippen LogP contribution < -0.4 is 16.4 Å². The third-order valence-electron chi connectivity index (χ3n) is 6.33. The molecule has 0 spiro atoms. The molecule has 0 saturated carbocycles. The number of hydrogen-bond acceptors (Lipinski definition) is 4. The number of nitrogens with one attached hydrogen (secondary N) is 3. The molecular formula is C26H26N6O3. The number of piperazine rings is 1. The van der Waals surface area contributed by atoms with Gasteiger partial charge in [-0.15, -0.1) is 0 Å². The molecule has 5 rings (SSSR count). The molecule has 5 N–H and O–H groups in total. The molecule has 9 nitrogen and oxygen atoms in total. The van der Waals surface area contributed by atoms with Crippen LogP contribution in [0.15, 0.2) is 54.7 Å². The predicted octanol–water partition coefficient (Wildman–Crippen LogP) is 3.05. The highest BCUT2D eigenvalue weighted by molar-refractivity contribution is 6.35. The number of benzene rings is 2. The van der Waals surface area contributed by atoms with Gasteiger partial charge in [-0.05, 0) is 60.6 Å². The fourth-order valence-corrected chi connectivity index (χ4v) is 4.37. The molecule has 3 aromatic rings. The fourth-order valence-electron chi connectivity index (χ4n) is 4.37. The second-order valence-electron chi connectivity index (χ2n) is 8.78. The Hall–Kier alpha value is -4.37. The van der Waals surface area contributed by atoms with Gasteiger partial charge in [0.25, 0.3) is 11.8 Å². The summed E-state index contributed by atoms with van der Waals surface area (Å²) in [6.07, 6.45) is 3.63. The van der Waals surface area contributed by atoms with Crippen LogP contribution in [0.25, 0.3) is 22.8 Å². The van der Waals surface area contributed by atoms with Crippen molar-refractivity contribution in [2.75, 3.05) is 43.9 Å². The van der Waals surface area contributed by atoms with Crippen LogP contribution in [0.4, 0.5) is 16.2 Å². The minimum atomic E-state index is -0.668. The van der Waals surface area contributed by atoms with Gasteiger partial charge in [0.05, 0.1) is 5.57 Å². The smallest absolute Gasteiger partial charge is 0.316 e. The van der Waals surface area contributed by atoms with Gasteiger partial charge in [0.2, 0.25) is 0 Å².